The molecule has 3 heteroatoms. The minimum atomic E-state index is -2.54. The van der Waals surface area contributed by atoms with Gasteiger partial charge < -0.3 is 0 Å². The van der Waals surface area contributed by atoms with Crippen molar-refractivity contribution < 1.29 is 13.5 Å². The fraction of sp³-hybridized carbons (Fsp3) is 0.500. The molecule has 0 atom stereocenters. The molecule has 0 N–H and O–H groups in total. The molecular formula is C16H22Cl2Pd. The Labute approximate surface area is 128 Å². The maximum absolute atomic E-state index is 6.88. The van der Waals surface area contributed by atoms with E-state index >= 15 is 0 Å². The van der Waals surface area contributed by atoms with E-state index in [4.69, 9.17) is 19.1 Å². The van der Waals surface area contributed by atoms with E-state index in [-0.39, 0.29) is 0 Å². The van der Waals surface area contributed by atoms with Crippen molar-refractivity contribution in [2.75, 3.05) is 0 Å². The van der Waals surface area contributed by atoms with Crippen LogP contribution >= 0.6 is 19.1 Å². The molecule has 2 aliphatic rings. The summed E-state index contributed by atoms with van der Waals surface area (Å²) >= 11 is -2.54. The molecule has 0 aliphatic heterocycles. The molecule has 0 spiro atoms. The Balaban J connectivity index is 2.14. The number of rotatable bonds is 2. The summed E-state index contributed by atoms with van der Waals surface area (Å²) in [5, 5.41) is 0. The topological polar surface area (TPSA) is 0 Å². The quantitative estimate of drug-likeness (QED) is 0.373. The van der Waals surface area contributed by atoms with Crippen LogP contribution in [0.15, 0.2) is 44.5 Å². The number of hydrogen-bond donors (Lipinski definition) is 0. The summed E-state index contributed by atoms with van der Waals surface area (Å²) in [4.78, 5) is 0. The molecule has 0 amide bonds. The molecule has 0 heterocycles. The molecule has 2 rings (SSSR count). The molecule has 0 aromatic rings. The summed E-state index contributed by atoms with van der Waals surface area (Å²) in [5.41, 5.74) is 0. The van der Waals surface area contributed by atoms with Crippen molar-refractivity contribution in [3.63, 3.8) is 0 Å². The van der Waals surface area contributed by atoms with Gasteiger partial charge in [-0.05, 0) is 0 Å². The summed E-state index contributed by atoms with van der Waals surface area (Å²) in [6, 6.07) is 0. The summed E-state index contributed by atoms with van der Waals surface area (Å²) in [6.45, 7) is 0. The van der Waals surface area contributed by atoms with Crippen LogP contribution in [-0.2, 0) is 13.5 Å². The van der Waals surface area contributed by atoms with Crippen LogP contribution in [0.4, 0.5) is 0 Å². The number of allylic oxidation sites excluding steroid dienone is 8. The van der Waals surface area contributed by atoms with Crippen LogP contribution in [0.3, 0.4) is 0 Å². The van der Waals surface area contributed by atoms with E-state index in [2.05, 4.69) is 36.5 Å². The van der Waals surface area contributed by atoms with Crippen LogP contribution in [0.25, 0.3) is 0 Å². The second-order valence-corrected chi connectivity index (χ2v) is 13.5. The summed E-state index contributed by atoms with van der Waals surface area (Å²) in [6.07, 6.45) is 22.3. The molecule has 0 aromatic heterocycles. The molecular weight excluding hydrogens is 370 g/mol. The predicted octanol–water partition coefficient (Wildman–Crippen LogP) is 6.48. The van der Waals surface area contributed by atoms with E-state index in [0.29, 0.717) is 0 Å². The Bertz CT molecular complexity index is 378. The third-order valence-electron chi connectivity index (χ3n) is 3.29. The molecule has 0 nitrogen and oxygen atoms in total. The van der Waals surface area contributed by atoms with Crippen molar-refractivity contribution >= 4 is 19.1 Å². The first kappa shape index (κ1) is 15.6. The maximum atomic E-state index is 6.88. The number of hydrogen-bond acceptors (Lipinski definition) is 0. The van der Waals surface area contributed by atoms with Gasteiger partial charge in [-0.25, -0.2) is 0 Å². The van der Waals surface area contributed by atoms with Crippen molar-refractivity contribution in [1.82, 2.24) is 0 Å². The monoisotopic (exact) mass is 390 g/mol. The average Bonchev–Trinajstić information content (AvgIpc) is 2.26. The molecule has 2 aliphatic carbocycles. The van der Waals surface area contributed by atoms with E-state index in [9.17, 15) is 0 Å². The van der Waals surface area contributed by atoms with E-state index in [1.807, 2.05) is 0 Å². The predicted molar refractivity (Wildman–Crippen MR) is 83.1 cm³/mol. The van der Waals surface area contributed by atoms with Crippen molar-refractivity contribution in [2.45, 2.75) is 51.4 Å². The Morgan fingerprint density at radius 2 is 1.05 bits per heavy atom. The molecule has 0 unspecified atom stereocenters. The van der Waals surface area contributed by atoms with Gasteiger partial charge in [0.15, 0.2) is 0 Å². The zero-order valence-electron chi connectivity index (χ0n) is 11.2. The third-order valence-corrected chi connectivity index (χ3v) is 10.8. The Kier molecular flexibility index (Phi) is 6.44. The fourth-order valence-electron chi connectivity index (χ4n) is 2.25. The molecule has 19 heavy (non-hydrogen) atoms. The summed E-state index contributed by atoms with van der Waals surface area (Å²) in [7, 11) is 13.8. The summed E-state index contributed by atoms with van der Waals surface area (Å²) < 4.78 is 2.68. The standard InChI is InChI=1S/2C8H11.2ClH.Pd/c2*1-2-4-6-8-7-5-3-1;;;/h2*1-2,7H,3-6H2;2*1H;/q;;;;+2/p-2. The van der Waals surface area contributed by atoms with Crippen LogP contribution in [-0.4, -0.2) is 0 Å². The van der Waals surface area contributed by atoms with Crippen molar-refractivity contribution in [3.8, 4) is 0 Å². The molecule has 0 saturated heterocycles. The summed E-state index contributed by atoms with van der Waals surface area (Å²) in [5.74, 6) is 0. The van der Waals surface area contributed by atoms with Gasteiger partial charge in [-0.15, -0.1) is 0 Å². The van der Waals surface area contributed by atoms with E-state index in [1.54, 1.807) is 0 Å². The van der Waals surface area contributed by atoms with E-state index in [0.717, 1.165) is 51.4 Å². The second kappa shape index (κ2) is 7.85. The first-order valence-electron chi connectivity index (χ1n) is 6.96. The van der Waals surface area contributed by atoms with Gasteiger partial charge in [0.25, 0.3) is 0 Å². The van der Waals surface area contributed by atoms with Crippen molar-refractivity contribution in [3.05, 3.63) is 44.5 Å². The minimum absolute atomic E-state index is 1.04. The SMILES string of the molecule is [Cl][Pd]([Cl])([C]1=CCCC=CCC1)[C]1=CCCC=CCC1. The normalized spacial score (nSPS) is 22.6. The van der Waals surface area contributed by atoms with Gasteiger partial charge >= 0.3 is 128 Å². The molecule has 0 saturated carbocycles. The molecule has 110 valence electrons. The van der Waals surface area contributed by atoms with Gasteiger partial charge in [-0.3, -0.25) is 0 Å². The number of halogens is 2. The fourth-order valence-corrected chi connectivity index (χ4v) is 8.13. The molecule has 0 fully saturated rings. The zero-order valence-corrected chi connectivity index (χ0v) is 14.3. The third kappa shape index (κ3) is 4.61. The van der Waals surface area contributed by atoms with Crippen LogP contribution < -0.4 is 0 Å². The van der Waals surface area contributed by atoms with Gasteiger partial charge in [0, 0.05) is 0 Å². The molecule has 0 bridgehead atoms. The van der Waals surface area contributed by atoms with E-state index < -0.39 is 13.5 Å². The van der Waals surface area contributed by atoms with Gasteiger partial charge in [-0.1, -0.05) is 0 Å². The van der Waals surface area contributed by atoms with Gasteiger partial charge in [0.05, 0.1) is 0 Å². The van der Waals surface area contributed by atoms with E-state index in [1.165, 1.54) is 8.09 Å². The van der Waals surface area contributed by atoms with Crippen molar-refractivity contribution in [2.24, 2.45) is 0 Å². The molecule has 0 aromatic carbocycles. The van der Waals surface area contributed by atoms with Crippen molar-refractivity contribution in [1.29, 1.82) is 0 Å². The first-order chi connectivity index (χ1) is 9.21. The Morgan fingerprint density at radius 3 is 1.53 bits per heavy atom. The molecule has 0 radical (unpaired) electrons. The Hall–Kier alpha value is 0.202. The first-order valence-corrected chi connectivity index (χ1v) is 12.5. The van der Waals surface area contributed by atoms with Crippen LogP contribution in [0.5, 0.6) is 0 Å². The van der Waals surface area contributed by atoms with Crippen LogP contribution in [0.1, 0.15) is 51.4 Å². The van der Waals surface area contributed by atoms with Crippen LogP contribution in [0.2, 0.25) is 0 Å². The Morgan fingerprint density at radius 1 is 0.632 bits per heavy atom. The van der Waals surface area contributed by atoms with Gasteiger partial charge in [0.2, 0.25) is 0 Å². The van der Waals surface area contributed by atoms with Gasteiger partial charge in [-0.2, -0.15) is 0 Å². The van der Waals surface area contributed by atoms with Crippen LogP contribution in [0, 0.1) is 0 Å². The second-order valence-electron chi connectivity index (χ2n) is 4.76. The zero-order chi connectivity index (χ0) is 13.6. The average molecular weight is 392 g/mol. The van der Waals surface area contributed by atoms with Gasteiger partial charge in [0.1, 0.15) is 0 Å².